The Morgan fingerprint density at radius 3 is 2.72 bits per heavy atom. The van der Waals surface area contributed by atoms with E-state index < -0.39 is 17.5 Å². The third-order valence-corrected chi connectivity index (χ3v) is 5.16. The molecule has 0 aliphatic carbocycles. The number of aliphatic hydroxyl groups is 1. The average Bonchev–Trinajstić information content (AvgIpc) is 2.58. The molecular formula is C19H27NO5. The van der Waals surface area contributed by atoms with Gasteiger partial charge in [0.25, 0.3) is 5.91 Å². The highest BCUT2D eigenvalue weighted by atomic mass is 16.5. The summed E-state index contributed by atoms with van der Waals surface area (Å²) >= 11 is 0. The summed E-state index contributed by atoms with van der Waals surface area (Å²) in [7, 11) is 0. The highest BCUT2D eigenvalue weighted by molar-refractivity contribution is 5.81. The summed E-state index contributed by atoms with van der Waals surface area (Å²) in [5, 5.41) is 19.9. The number of rotatable bonds is 6. The molecular weight excluding hydrogens is 322 g/mol. The van der Waals surface area contributed by atoms with Gasteiger partial charge < -0.3 is 19.8 Å². The van der Waals surface area contributed by atoms with Gasteiger partial charge in [-0.3, -0.25) is 9.59 Å². The number of piperidine rings is 1. The third kappa shape index (κ3) is 3.95. The standard InChI is InChI=1S/C19H27NO5/c1-4-9-19(18(23)24)12-20(10-8-16(19)21)17(22)11-25-15-7-5-6-13(2)14(15)3/h5-7,16,21H,4,8-12H2,1-3H3,(H,23,24)/t16-,19+/m1/s1. The number of amides is 1. The van der Waals surface area contributed by atoms with Crippen LogP contribution in [-0.4, -0.2) is 52.8 Å². The molecule has 1 aliphatic rings. The van der Waals surface area contributed by atoms with E-state index in [1.54, 1.807) is 0 Å². The Morgan fingerprint density at radius 2 is 2.08 bits per heavy atom. The summed E-state index contributed by atoms with van der Waals surface area (Å²) in [5.41, 5.74) is 0.774. The molecule has 6 heteroatoms. The van der Waals surface area contributed by atoms with E-state index >= 15 is 0 Å². The van der Waals surface area contributed by atoms with Crippen molar-refractivity contribution in [3.8, 4) is 5.75 Å². The zero-order chi connectivity index (χ0) is 18.6. The first-order valence-electron chi connectivity index (χ1n) is 8.70. The Bertz CT molecular complexity index is 645. The minimum absolute atomic E-state index is 0.0202. The van der Waals surface area contributed by atoms with Gasteiger partial charge in [0.15, 0.2) is 6.61 Å². The van der Waals surface area contributed by atoms with Crippen molar-refractivity contribution in [3.05, 3.63) is 29.3 Å². The lowest BCUT2D eigenvalue weighted by atomic mass is 9.74. The number of carbonyl (C=O) groups excluding carboxylic acids is 1. The minimum atomic E-state index is -1.29. The summed E-state index contributed by atoms with van der Waals surface area (Å²) in [4.78, 5) is 25.8. The van der Waals surface area contributed by atoms with Gasteiger partial charge >= 0.3 is 5.97 Å². The predicted octanol–water partition coefficient (Wildman–Crippen LogP) is 2.15. The monoisotopic (exact) mass is 349 g/mol. The molecule has 2 atom stereocenters. The summed E-state index contributed by atoms with van der Waals surface area (Å²) in [6.07, 6.45) is 0.297. The van der Waals surface area contributed by atoms with Crippen LogP contribution >= 0.6 is 0 Å². The van der Waals surface area contributed by atoms with Crippen molar-refractivity contribution in [1.29, 1.82) is 0 Å². The molecule has 1 amide bonds. The van der Waals surface area contributed by atoms with Crippen molar-refractivity contribution >= 4 is 11.9 Å². The Labute approximate surface area is 148 Å². The number of aryl methyl sites for hydroxylation is 1. The maximum atomic E-state index is 12.5. The second-order valence-electron chi connectivity index (χ2n) is 6.82. The van der Waals surface area contributed by atoms with Crippen molar-refractivity contribution in [2.24, 2.45) is 5.41 Å². The number of likely N-dealkylation sites (tertiary alicyclic amines) is 1. The van der Waals surface area contributed by atoms with Crippen molar-refractivity contribution < 1.29 is 24.5 Å². The van der Waals surface area contributed by atoms with Crippen LogP contribution in [0.2, 0.25) is 0 Å². The van der Waals surface area contributed by atoms with Crippen molar-refractivity contribution in [2.45, 2.75) is 46.1 Å². The highest BCUT2D eigenvalue weighted by Gasteiger charge is 2.49. The molecule has 1 aromatic carbocycles. The highest BCUT2D eigenvalue weighted by Crippen LogP contribution is 2.35. The van der Waals surface area contributed by atoms with Crippen molar-refractivity contribution in [3.63, 3.8) is 0 Å². The molecule has 0 unspecified atom stereocenters. The van der Waals surface area contributed by atoms with E-state index in [1.165, 1.54) is 4.90 Å². The fourth-order valence-corrected chi connectivity index (χ4v) is 3.41. The van der Waals surface area contributed by atoms with Crippen LogP contribution in [0.5, 0.6) is 5.75 Å². The van der Waals surface area contributed by atoms with E-state index in [9.17, 15) is 19.8 Å². The predicted molar refractivity (Wildman–Crippen MR) is 93.6 cm³/mol. The van der Waals surface area contributed by atoms with E-state index in [1.807, 2.05) is 39.0 Å². The molecule has 2 rings (SSSR count). The van der Waals surface area contributed by atoms with Gasteiger partial charge in [-0.05, 0) is 43.9 Å². The number of ether oxygens (including phenoxy) is 1. The molecule has 1 saturated heterocycles. The summed E-state index contributed by atoms with van der Waals surface area (Å²) in [6.45, 7) is 6.01. The lowest BCUT2D eigenvalue weighted by Gasteiger charge is -2.43. The van der Waals surface area contributed by atoms with Crippen LogP contribution in [0, 0.1) is 19.3 Å². The number of hydrogen-bond acceptors (Lipinski definition) is 4. The number of aliphatic carboxylic acids is 1. The van der Waals surface area contributed by atoms with E-state index in [-0.39, 0.29) is 25.5 Å². The van der Waals surface area contributed by atoms with Crippen LogP contribution in [-0.2, 0) is 9.59 Å². The van der Waals surface area contributed by atoms with Crippen LogP contribution in [0.1, 0.15) is 37.3 Å². The van der Waals surface area contributed by atoms with E-state index in [0.29, 0.717) is 25.1 Å². The van der Waals surface area contributed by atoms with Gasteiger partial charge in [-0.15, -0.1) is 0 Å². The SMILES string of the molecule is CCC[C@]1(C(=O)O)CN(C(=O)COc2cccc(C)c2C)CC[C@H]1O. The van der Waals surface area contributed by atoms with Crippen LogP contribution in [0.25, 0.3) is 0 Å². The van der Waals surface area contributed by atoms with Gasteiger partial charge in [0.1, 0.15) is 11.2 Å². The van der Waals surface area contributed by atoms with E-state index in [2.05, 4.69) is 0 Å². The van der Waals surface area contributed by atoms with Gasteiger partial charge in [0.2, 0.25) is 0 Å². The van der Waals surface area contributed by atoms with E-state index in [0.717, 1.165) is 11.1 Å². The molecule has 0 saturated carbocycles. The third-order valence-electron chi connectivity index (χ3n) is 5.16. The van der Waals surface area contributed by atoms with Crippen LogP contribution in [0.4, 0.5) is 0 Å². The van der Waals surface area contributed by atoms with Crippen LogP contribution in [0.15, 0.2) is 18.2 Å². The largest absolute Gasteiger partial charge is 0.483 e. The smallest absolute Gasteiger partial charge is 0.314 e. The quantitative estimate of drug-likeness (QED) is 0.822. The Morgan fingerprint density at radius 1 is 1.36 bits per heavy atom. The van der Waals surface area contributed by atoms with Gasteiger partial charge in [-0.2, -0.15) is 0 Å². The average molecular weight is 349 g/mol. The number of aliphatic hydroxyl groups excluding tert-OH is 1. The first-order chi connectivity index (χ1) is 11.8. The van der Waals surface area contributed by atoms with Crippen molar-refractivity contribution in [1.82, 2.24) is 4.90 Å². The first kappa shape index (κ1) is 19.2. The fourth-order valence-electron chi connectivity index (χ4n) is 3.41. The molecule has 25 heavy (non-hydrogen) atoms. The maximum absolute atomic E-state index is 12.5. The Kier molecular flexibility index (Phi) is 6.06. The topological polar surface area (TPSA) is 87.1 Å². The fraction of sp³-hybridized carbons (Fsp3) is 0.579. The number of carboxylic acid groups (broad SMARTS) is 1. The molecule has 0 spiro atoms. The molecule has 0 aromatic heterocycles. The Balaban J connectivity index is 2.06. The van der Waals surface area contributed by atoms with Gasteiger partial charge in [-0.1, -0.05) is 25.5 Å². The number of hydrogen-bond donors (Lipinski definition) is 2. The van der Waals surface area contributed by atoms with Crippen LogP contribution in [0.3, 0.4) is 0 Å². The molecule has 0 radical (unpaired) electrons. The number of benzene rings is 1. The second kappa shape index (κ2) is 7.87. The normalized spacial score (nSPS) is 23.4. The minimum Gasteiger partial charge on any atom is -0.483 e. The Hall–Kier alpha value is -2.08. The van der Waals surface area contributed by atoms with Crippen LogP contribution < -0.4 is 4.74 Å². The van der Waals surface area contributed by atoms with Gasteiger partial charge in [0.05, 0.1) is 6.10 Å². The molecule has 1 heterocycles. The molecule has 1 aromatic rings. The molecule has 2 N–H and O–H groups in total. The zero-order valence-electron chi connectivity index (χ0n) is 15.1. The molecule has 0 bridgehead atoms. The van der Waals surface area contributed by atoms with Gasteiger partial charge in [0, 0.05) is 13.1 Å². The number of nitrogens with zero attached hydrogens (tertiary/aromatic N) is 1. The molecule has 138 valence electrons. The first-order valence-corrected chi connectivity index (χ1v) is 8.70. The zero-order valence-corrected chi connectivity index (χ0v) is 15.1. The second-order valence-corrected chi connectivity index (χ2v) is 6.82. The summed E-state index contributed by atoms with van der Waals surface area (Å²) in [6, 6.07) is 5.66. The lowest BCUT2D eigenvalue weighted by molar-refractivity contribution is -0.167. The summed E-state index contributed by atoms with van der Waals surface area (Å²) < 4.78 is 5.65. The van der Waals surface area contributed by atoms with E-state index in [4.69, 9.17) is 4.74 Å². The maximum Gasteiger partial charge on any atom is 0.314 e. The lowest BCUT2D eigenvalue weighted by Crippen LogP contribution is -2.57. The molecule has 6 nitrogen and oxygen atoms in total. The molecule has 1 fully saturated rings. The number of carboxylic acids is 1. The summed E-state index contributed by atoms with van der Waals surface area (Å²) in [5.74, 6) is -0.646. The van der Waals surface area contributed by atoms with Gasteiger partial charge in [-0.25, -0.2) is 0 Å². The number of carbonyl (C=O) groups is 2. The molecule has 1 aliphatic heterocycles. The van der Waals surface area contributed by atoms with Crippen molar-refractivity contribution in [2.75, 3.05) is 19.7 Å².